The summed E-state index contributed by atoms with van der Waals surface area (Å²) >= 11 is 0. The van der Waals surface area contributed by atoms with Crippen LogP contribution in [-0.4, -0.2) is 104 Å². The third-order valence-electron chi connectivity index (χ3n) is 7.08. The molecule has 0 aliphatic carbocycles. The number of hydrogen-bond donors (Lipinski definition) is 7. The average molecular weight is 563 g/mol. The maximum atomic E-state index is 13.0. The van der Waals surface area contributed by atoms with Gasteiger partial charge in [-0.1, -0.05) is 12.1 Å². The van der Waals surface area contributed by atoms with E-state index in [1.807, 2.05) is 0 Å². The van der Waals surface area contributed by atoms with E-state index in [0.717, 1.165) is 0 Å². The summed E-state index contributed by atoms with van der Waals surface area (Å²) in [6, 6.07) is 10.4. The molecule has 13 heteroatoms. The van der Waals surface area contributed by atoms with Crippen LogP contribution >= 0.6 is 0 Å². The highest BCUT2D eigenvalue weighted by Crippen LogP contribution is 2.29. The van der Waals surface area contributed by atoms with E-state index in [1.165, 1.54) is 43.5 Å². The first-order valence-corrected chi connectivity index (χ1v) is 12.6. The highest BCUT2D eigenvalue weighted by Gasteiger charge is 2.47. The minimum Gasteiger partial charge on any atom is -0.508 e. The number of ether oxygens (including phenoxy) is 4. The standard InChI is InChI=1S/C27H30O13/c1-11-19(29)22(32)24(34)26(38-11)37-10-18-21(31)23(33)25(35)27(40-18)39-14-6-7-15-17(8-14)36-9-16(20(15)30)12-2-4-13(28)5-3-12/h2-9,11,18-19,21-29,31-35H,10H2,1H3/t11-,18+,19+,21+,22-,23-,24-,25+,26-,27+/m0/s1. The third-order valence-corrected chi connectivity index (χ3v) is 7.08. The number of aliphatic hydroxyl groups excluding tert-OH is 6. The maximum Gasteiger partial charge on any atom is 0.229 e. The van der Waals surface area contributed by atoms with Gasteiger partial charge in [0.1, 0.15) is 66.1 Å². The quantitative estimate of drug-likeness (QED) is 0.196. The lowest BCUT2D eigenvalue weighted by atomic mass is 9.98. The lowest BCUT2D eigenvalue weighted by Crippen LogP contribution is -2.61. The highest BCUT2D eigenvalue weighted by atomic mass is 16.7. The molecule has 0 spiro atoms. The van der Waals surface area contributed by atoms with Gasteiger partial charge >= 0.3 is 0 Å². The lowest BCUT2D eigenvalue weighted by Gasteiger charge is -2.42. The molecule has 13 nitrogen and oxygen atoms in total. The van der Waals surface area contributed by atoms with Gasteiger partial charge < -0.3 is 59.1 Å². The monoisotopic (exact) mass is 562 g/mol. The van der Waals surface area contributed by atoms with Gasteiger partial charge in [-0.15, -0.1) is 0 Å². The van der Waals surface area contributed by atoms with Crippen LogP contribution in [0.15, 0.2) is 57.9 Å². The summed E-state index contributed by atoms with van der Waals surface area (Å²) in [5, 5.41) is 70.9. The predicted octanol–water partition coefficient (Wildman–Crippen LogP) is -0.804. The van der Waals surface area contributed by atoms with Crippen LogP contribution in [-0.2, 0) is 14.2 Å². The normalized spacial score (nSPS) is 34.6. The number of hydrogen-bond acceptors (Lipinski definition) is 13. The van der Waals surface area contributed by atoms with Gasteiger partial charge in [0, 0.05) is 6.07 Å². The SMILES string of the molecule is C[C@@H]1O[C@H](OC[C@H]2O[C@@H](Oc3ccc4c(=O)c(-c5ccc(O)cc5)coc4c3)[C@H](O)[C@@H](O)[C@@H]2O)[C@@H](O)[C@@H](O)[C@@H]1O. The van der Waals surface area contributed by atoms with Gasteiger partial charge in [0.2, 0.25) is 6.29 Å². The lowest BCUT2D eigenvalue weighted by molar-refractivity contribution is -0.318. The van der Waals surface area contributed by atoms with Crippen molar-refractivity contribution in [3.8, 4) is 22.6 Å². The molecule has 3 heterocycles. The Bertz CT molecular complexity index is 1380. The molecule has 40 heavy (non-hydrogen) atoms. The van der Waals surface area contributed by atoms with E-state index in [2.05, 4.69) is 0 Å². The summed E-state index contributed by atoms with van der Waals surface area (Å²) in [4.78, 5) is 13.0. The Hall–Kier alpha value is -3.11. The molecule has 0 saturated carbocycles. The number of phenolic OH excluding ortho intramolecular Hbond substituents is 1. The second-order valence-corrected chi connectivity index (χ2v) is 9.83. The molecule has 10 atom stereocenters. The molecule has 0 amide bonds. The first-order valence-electron chi connectivity index (χ1n) is 12.6. The number of fused-ring (bicyclic) bond motifs is 1. The third kappa shape index (κ3) is 5.43. The zero-order valence-corrected chi connectivity index (χ0v) is 21.2. The van der Waals surface area contributed by atoms with E-state index >= 15 is 0 Å². The molecule has 2 aliphatic heterocycles. The Morgan fingerprint density at radius 3 is 2.20 bits per heavy atom. The average Bonchev–Trinajstić information content (AvgIpc) is 2.94. The van der Waals surface area contributed by atoms with E-state index in [4.69, 9.17) is 23.4 Å². The molecule has 0 bridgehead atoms. The van der Waals surface area contributed by atoms with Crippen molar-refractivity contribution in [2.45, 2.75) is 68.3 Å². The van der Waals surface area contributed by atoms with E-state index in [9.17, 15) is 40.5 Å². The summed E-state index contributed by atoms with van der Waals surface area (Å²) in [5.74, 6) is 0.180. The minimum atomic E-state index is -1.69. The van der Waals surface area contributed by atoms with E-state index < -0.39 is 68.0 Å². The molecule has 0 unspecified atom stereocenters. The summed E-state index contributed by atoms with van der Waals surface area (Å²) in [5.41, 5.74) is 0.701. The van der Waals surface area contributed by atoms with Gasteiger partial charge in [-0.25, -0.2) is 0 Å². The number of rotatable bonds is 6. The van der Waals surface area contributed by atoms with Crippen molar-refractivity contribution in [1.29, 1.82) is 0 Å². The van der Waals surface area contributed by atoms with Crippen LogP contribution < -0.4 is 10.2 Å². The molecule has 216 valence electrons. The molecule has 2 saturated heterocycles. The summed E-state index contributed by atoms with van der Waals surface area (Å²) in [6.07, 6.45) is -13.1. The van der Waals surface area contributed by atoms with Crippen molar-refractivity contribution in [3.63, 3.8) is 0 Å². The number of phenols is 1. The maximum absolute atomic E-state index is 13.0. The molecule has 2 aromatic carbocycles. The largest absolute Gasteiger partial charge is 0.508 e. The Kier molecular flexibility index (Phi) is 8.10. The molecule has 2 fully saturated rings. The number of aromatic hydroxyl groups is 1. The Morgan fingerprint density at radius 2 is 1.48 bits per heavy atom. The van der Waals surface area contributed by atoms with Gasteiger partial charge in [0.05, 0.1) is 23.7 Å². The topological polar surface area (TPSA) is 209 Å². The number of aliphatic hydroxyl groups is 6. The van der Waals surface area contributed by atoms with Crippen LogP contribution in [0, 0.1) is 0 Å². The van der Waals surface area contributed by atoms with Crippen molar-refractivity contribution in [2.24, 2.45) is 0 Å². The highest BCUT2D eigenvalue weighted by molar-refractivity contribution is 5.82. The van der Waals surface area contributed by atoms with Crippen LogP contribution in [0.25, 0.3) is 22.1 Å². The van der Waals surface area contributed by atoms with Crippen LogP contribution in [0.3, 0.4) is 0 Å². The molecule has 7 N–H and O–H groups in total. The zero-order chi connectivity index (χ0) is 28.7. The first kappa shape index (κ1) is 28.4. The fraction of sp³-hybridized carbons (Fsp3) is 0.444. The molecule has 1 aromatic heterocycles. The zero-order valence-electron chi connectivity index (χ0n) is 21.2. The van der Waals surface area contributed by atoms with Gasteiger partial charge in [0.25, 0.3) is 0 Å². The number of benzene rings is 2. The first-order chi connectivity index (χ1) is 19.0. The molecular formula is C27H30O13. The predicted molar refractivity (Wildman–Crippen MR) is 135 cm³/mol. The summed E-state index contributed by atoms with van der Waals surface area (Å²) in [6.45, 7) is 1.04. The summed E-state index contributed by atoms with van der Waals surface area (Å²) < 4.78 is 27.8. The minimum absolute atomic E-state index is 0.0578. The van der Waals surface area contributed by atoms with Gasteiger partial charge in [-0.05, 0) is 36.8 Å². The van der Waals surface area contributed by atoms with Crippen LogP contribution in [0.2, 0.25) is 0 Å². The second-order valence-electron chi connectivity index (χ2n) is 9.83. The van der Waals surface area contributed by atoms with Crippen LogP contribution in [0.5, 0.6) is 11.5 Å². The van der Waals surface area contributed by atoms with Gasteiger partial charge in [0.15, 0.2) is 11.7 Å². The molecule has 5 rings (SSSR count). The van der Waals surface area contributed by atoms with Crippen molar-refractivity contribution >= 4 is 11.0 Å². The van der Waals surface area contributed by atoms with Gasteiger partial charge in [-0.2, -0.15) is 0 Å². The van der Waals surface area contributed by atoms with E-state index in [-0.39, 0.29) is 33.5 Å². The Morgan fingerprint density at radius 1 is 0.800 bits per heavy atom. The Balaban J connectivity index is 1.30. The smallest absolute Gasteiger partial charge is 0.229 e. The van der Waals surface area contributed by atoms with E-state index in [0.29, 0.717) is 5.56 Å². The molecule has 2 aliphatic rings. The molecule has 3 aromatic rings. The molecule has 0 radical (unpaired) electrons. The van der Waals surface area contributed by atoms with Crippen LogP contribution in [0.4, 0.5) is 0 Å². The van der Waals surface area contributed by atoms with Crippen molar-refractivity contribution in [2.75, 3.05) is 6.61 Å². The fourth-order valence-electron chi connectivity index (χ4n) is 4.65. The Labute approximate surface area is 227 Å². The van der Waals surface area contributed by atoms with Crippen molar-refractivity contribution in [1.82, 2.24) is 0 Å². The van der Waals surface area contributed by atoms with Crippen molar-refractivity contribution < 1.29 is 59.1 Å². The van der Waals surface area contributed by atoms with E-state index in [1.54, 1.807) is 12.1 Å². The van der Waals surface area contributed by atoms with Gasteiger partial charge in [-0.3, -0.25) is 4.79 Å². The fourth-order valence-corrected chi connectivity index (χ4v) is 4.65. The summed E-state index contributed by atoms with van der Waals surface area (Å²) in [7, 11) is 0. The molecular weight excluding hydrogens is 532 g/mol. The van der Waals surface area contributed by atoms with Crippen molar-refractivity contribution in [3.05, 3.63) is 59.0 Å². The second kappa shape index (κ2) is 11.4. The van der Waals surface area contributed by atoms with Crippen LogP contribution in [0.1, 0.15) is 6.92 Å².